The highest BCUT2D eigenvalue weighted by Crippen LogP contribution is 2.39. The predicted octanol–water partition coefficient (Wildman–Crippen LogP) is 1.75. The van der Waals surface area contributed by atoms with Crippen molar-refractivity contribution in [2.75, 3.05) is 31.6 Å². The fourth-order valence-electron chi connectivity index (χ4n) is 3.27. The molecule has 1 aliphatic heterocycles. The SMILES string of the molecule is CCc1nnc(N2CCN(C)[C@@H](c3nc(C4CC4)no3)C2)nc1CC. The standard InChI is InChI=1S/C17H25N7O/c1-4-12-13(5-2)20-21-17(18-12)24-9-8-23(3)14(10-24)16-19-15(22-25-16)11-6-7-11/h11,14H,4-10H2,1-3H3/t14-/m1/s1. The van der Waals surface area contributed by atoms with Crippen LogP contribution in [-0.2, 0) is 12.8 Å². The van der Waals surface area contributed by atoms with Gasteiger partial charge in [-0.2, -0.15) is 10.1 Å². The lowest BCUT2D eigenvalue weighted by atomic mass is 10.2. The Bertz CT molecular complexity index is 742. The summed E-state index contributed by atoms with van der Waals surface area (Å²) >= 11 is 0. The Balaban J connectivity index is 1.55. The molecule has 3 heterocycles. The quantitative estimate of drug-likeness (QED) is 0.812. The summed E-state index contributed by atoms with van der Waals surface area (Å²) in [5.41, 5.74) is 2.03. The van der Waals surface area contributed by atoms with Gasteiger partial charge < -0.3 is 9.42 Å². The lowest BCUT2D eigenvalue weighted by Gasteiger charge is -2.37. The van der Waals surface area contributed by atoms with E-state index < -0.39 is 0 Å². The zero-order valence-electron chi connectivity index (χ0n) is 15.1. The van der Waals surface area contributed by atoms with Crippen LogP contribution in [0.1, 0.15) is 61.8 Å². The largest absolute Gasteiger partial charge is 0.338 e. The Kier molecular flexibility index (Phi) is 4.37. The molecule has 8 heteroatoms. The Morgan fingerprint density at radius 3 is 2.56 bits per heavy atom. The highest BCUT2D eigenvalue weighted by atomic mass is 16.5. The van der Waals surface area contributed by atoms with E-state index in [2.05, 4.69) is 51.0 Å². The third-order valence-electron chi connectivity index (χ3n) is 5.11. The van der Waals surface area contributed by atoms with Crippen LogP contribution in [0.25, 0.3) is 0 Å². The van der Waals surface area contributed by atoms with E-state index >= 15 is 0 Å². The summed E-state index contributed by atoms with van der Waals surface area (Å²) in [7, 11) is 2.10. The topological polar surface area (TPSA) is 84.1 Å². The van der Waals surface area contributed by atoms with Crippen LogP contribution >= 0.6 is 0 Å². The first kappa shape index (κ1) is 16.4. The van der Waals surface area contributed by atoms with Gasteiger partial charge in [0.15, 0.2) is 5.82 Å². The molecule has 0 unspecified atom stereocenters. The zero-order valence-corrected chi connectivity index (χ0v) is 15.1. The Hall–Kier alpha value is -2.09. The number of anilines is 1. The van der Waals surface area contributed by atoms with Crippen LogP contribution in [0, 0.1) is 0 Å². The number of hydrogen-bond donors (Lipinski definition) is 0. The molecule has 0 amide bonds. The minimum atomic E-state index is 0.0632. The number of piperazine rings is 1. The second kappa shape index (κ2) is 6.67. The first-order valence-electron chi connectivity index (χ1n) is 9.20. The number of hydrogen-bond acceptors (Lipinski definition) is 8. The third kappa shape index (κ3) is 3.22. The number of nitrogens with zero attached hydrogens (tertiary/aromatic N) is 7. The van der Waals surface area contributed by atoms with E-state index in [1.54, 1.807) is 0 Å². The molecule has 2 fully saturated rings. The highest BCUT2D eigenvalue weighted by molar-refractivity contribution is 5.32. The summed E-state index contributed by atoms with van der Waals surface area (Å²) in [6.07, 6.45) is 4.08. The van der Waals surface area contributed by atoms with Gasteiger partial charge in [-0.25, -0.2) is 4.98 Å². The maximum absolute atomic E-state index is 5.56. The monoisotopic (exact) mass is 343 g/mol. The van der Waals surface area contributed by atoms with Gasteiger partial charge in [-0.15, -0.1) is 5.10 Å². The van der Waals surface area contributed by atoms with Gasteiger partial charge in [-0.05, 0) is 32.7 Å². The molecule has 8 nitrogen and oxygen atoms in total. The smallest absolute Gasteiger partial charge is 0.245 e. The van der Waals surface area contributed by atoms with Crippen molar-refractivity contribution in [3.63, 3.8) is 0 Å². The first-order valence-corrected chi connectivity index (χ1v) is 9.20. The van der Waals surface area contributed by atoms with Gasteiger partial charge >= 0.3 is 0 Å². The van der Waals surface area contributed by atoms with Gasteiger partial charge in [0.05, 0.1) is 11.4 Å². The summed E-state index contributed by atoms with van der Waals surface area (Å²) in [5, 5.41) is 12.9. The number of rotatable bonds is 5. The van der Waals surface area contributed by atoms with Crippen molar-refractivity contribution in [3.05, 3.63) is 23.1 Å². The van der Waals surface area contributed by atoms with Crippen molar-refractivity contribution in [1.29, 1.82) is 0 Å². The summed E-state index contributed by atoms with van der Waals surface area (Å²) < 4.78 is 5.56. The number of likely N-dealkylation sites (N-methyl/N-ethyl adjacent to an activating group) is 1. The van der Waals surface area contributed by atoms with Crippen molar-refractivity contribution in [2.24, 2.45) is 0 Å². The van der Waals surface area contributed by atoms with Crippen molar-refractivity contribution < 1.29 is 4.52 Å². The first-order chi connectivity index (χ1) is 12.2. The zero-order chi connectivity index (χ0) is 17.4. The molecule has 1 saturated heterocycles. The van der Waals surface area contributed by atoms with E-state index in [0.717, 1.165) is 49.7 Å². The molecule has 134 valence electrons. The maximum Gasteiger partial charge on any atom is 0.245 e. The molecule has 2 aliphatic rings. The van der Waals surface area contributed by atoms with Crippen LogP contribution in [0.2, 0.25) is 0 Å². The molecule has 25 heavy (non-hydrogen) atoms. The minimum absolute atomic E-state index is 0.0632. The van der Waals surface area contributed by atoms with Gasteiger partial charge in [0.1, 0.15) is 6.04 Å². The molecular weight excluding hydrogens is 318 g/mol. The molecule has 1 aliphatic carbocycles. The molecular formula is C17H25N7O. The van der Waals surface area contributed by atoms with E-state index in [0.29, 0.717) is 17.8 Å². The van der Waals surface area contributed by atoms with Crippen LogP contribution in [0.4, 0.5) is 5.95 Å². The van der Waals surface area contributed by atoms with Crippen LogP contribution in [0.3, 0.4) is 0 Å². The fourth-order valence-corrected chi connectivity index (χ4v) is 3.27. The molecule has 0 spiro atoms. The molecule has 2 aromatic rings. The van der Waals surface area contributed by atoms with Crippen LogP contribution in [0.15, 0.2) is 4.52 Å². The molecule has 4 rings (SSSR count). The van der Waals surface area contributed by atoms with E-state index in [-0.39, 0.29) is 6.04 Å². The van der Waals surface area contributed by atoms with E-state index in [1.165, 1.54) is 12.8 Å². The molecule has 2 aromatic heterocycles. The van der Waals surface area contributed by atoms with Gasteiger partial charge in [0.25, 0.3) is 0 Å². The molecule has 1 saturated carbocycles. The van der Waals surface area contributed by atoms with Crippen LogP contribution < -0.4 is 4.90 Å². The summed E-state index contributed by atoms with van der Waals surface area (Å²) in [4.78, 5) is 13.8. The molecule has 0 radical (unpaired) electrons. The molecule has 1 atom stereocenters. The van der Waals surface area contributed by atoms with E-state index in [9.17, 15) is 0 Å². The van der Waals surface area contributed by atoms with Crippen molar-refractivity contribution in [1.82, 2.24) is 30.2 Å². The van der Waals surface area contributed by atoms with Crippen LogP contribution in [0.5, 0.6) is 0 Å². The third-order valence-corrected chi connectivity index (χ3v) is 5.11. The normalized spacial score (nSPS) is 21.7. The fraction of sp³-hybridized carbons (Fsp3) is 0.706. The van der Waals surface area contributed by atoms with Gasteiger partial charge in [0, 0.05) is 25.6 Å². The van der Waals surface area contributed by atoms with E-state index in [4.69, 9.17) is 9.51 Å². The van der Waals surface area contributed by atoms with Gasteiger partial charge in [0.2, 0.25) is 11.8 Å². The Morgan fingerprint density at radius 1 is 1.04 bits per heavy atom. The van der Waals surface area contributed by atoms with Crippen molar-refractivity contribution in [2.45, 2.75) is 51.5 Å². The number of aromatic nitrogens is 5. The Labute approximate surface area is 147 Å². The second-order valence-electron chi connectivity index (χ2n) is 6.92. The average Bonchev–Trinajstić information content (AvgIpc) is 3.39. The van der Waals surface area contributed by atoms with Gasteiger partial charge in [-0.3, -0.25) is 4.90 Å². The second-order valence-corrected chi connectivity index (χ2v) is 6.92. The lowest BCUT2D eigenvalue weighted by molar-refractivity contribution is 0.176. The van der Waals surface area contributed by atoms with E-state index in [1.807, 2.05) is 0 Å². The minimum Gasteiger partial charge on any atom is -0.338 e. The molecule has 0 bridgehead atoms. The predicted molar refractivity (Wildman–Crippen MR) is 92.4 cm³/mol. The summed E-state index contributed by atoms with van der Waals surface area (Å²) in [6.45, 7) is 6.69. The van der Waals surface area contributed by atoms with Crippen molar-refractivity contribution >= 4 is 5.95 Å². The summed E-state index contributed by atoms with van der Waals surface area (Å²) in [5.74, 6) is 2.76. The molecule has 0 aromatic carbocycles. The molecule has 0 N–H and O–H groups in total. The lowest BCUT2D eigenvalue weighted by Crippen LogP contribution is -2.47. The maximum atomic E-state index is 5.56. The summed E-state index contributed by atoms with van der Waals surface area (Å²) in [6, 6.07) is 0.0632. The average molecular weight is 343 g/mol. The van der Waals surface area contributed by atoms with Crippen molar-refractivity contribution in [3.8, 4) is 0 Å². The number of aryl methyl sites for hydroxylation is 2. The van der Waals surface area contributed by atoms with Crippen LogP contribution in [-0.4, -0.2) is 56.9 Å². The highest BCUT2D eigenvalue weighted by Gasteiger charge is 2.34. The Morgan fingerprint density at radius 2 is 1.84 bits per heavy atom. The van der Waals surface area contributed by atoms with Gasteiger partial charge in [-0.1, -0.05) is 19.0 Å².